The number of hydrogen-bond donors (Lipinski definition) is 0. The van der Waals surface area contributed by atoms with Crippen molar-refractivity contribution in [3.05, 3.63) is 91.6 Å². The number of rotatable bonds is 8. The van der Waals surface area contributed by atoms with Crippen molar-refractivity contribution < 1.29 is 4.57 Å². The molecule has 0 spiro atoms. The lowest BCUT2D eigenvalue weighted by Gasteiger charge is -2.25. The molecular formula is C31H34Cl2N3S2+. The van der Waals surface area contributed by atoms with Crippen LogP contribution in [0.5, 0.6) is 0 Å². The maximum Gasteiger partial charge on any atom is 0.262 e. The summed E-state index contributed by atoms with van der Waals surface area (Å²) in [6, 6.07) is 12.4. The Morgan fingerprint density at radius 1 is 0.947 bits per heavy atom. The Labute approximate surface area is 244 Å². The first-order valence-corrected chi connectivity index (χ1v) is 15.8. The first-order chi connectivity index (χ1) is 18.5. The molecular weight excluding hydrogens is 549 g/mol. The highest BCUT2D eigenvalue weighted by molar-refractivity contribution is 8.03. The molecule has 0 radical (unpaired) electrons. The predicted octanol–water partition coefficient (Wildman–Crippen LogP) is 9.32. The number of aromatic nitrogens is 1. The Kier molecular flexibility index (Phi) is 8.59. The molecule has 38 heavy (non-hydrogen) atoms. The zero-order valence-electron chi connectivity index (χ0n) is 22.4. The van der Waals surface area contributed by atoms with E-state index in [0.29, 0.717) is 0 Å². The Morgan fingerprint density at radius 2 is 1.71 bits per heavy atom. The van der Waals surface area contributed by atoms with Crippen LogP contribution in [0.3, 0.4) is 0 Å². The molecule has 0 amide bonds. The van der Waals surface area contributed by atoms with Gasteiger partial charge >= 0.3 is 0 Å². The van der Waals surface area contributed by atoms with Crippen LogP contribution in [-0.4, -0.2) is 24.5 Å². The summed E-state index contributed by atoms with van der Waals surface area (Å²) in [5.41, 5.74) is 6.63. The highest BCUT2D eigenvalue weighted by atomic mass is 35.5. The molecule has 3 aromatic rings. The van der Waals surface area contributed by atoms with Crippen molar-refractivity contribution in [3.8, 4) is 0 Å². The van der Waals surface area contributed by atoms with E-state index in [2.05, 4.69) is 90.6 Å². The number of halogens is 2. The maximum absolute atomic E-state index is 6.31. The molecule has 0 N–H and O–H groups in total. The minimum atomic E-state index is 0.785. The molecule has 7 heteroatoms. The average Bonchev–Trinajstić information content (AvgIpc) is 3.59. The van der Waals surface area contributed by atoms with Crippen molar-refractivity contribution in [2.24, 2.45) is 0 Å². The van der Waals surface area contributed by atoms with E-state index in [9.17, 15) is 0 Å². The van der Waals surface area contributed by atoms with Crippen LogP contribution < -0.4 is 9.47 Å². The second-order valence-electron chi connectivity index (χ2n) is 9.33. The normalized spacial score (nSPS) is 17.7. The van der Waals surface area contributed by atoms with Crippen LogP contribution in [0, 0.1) is 0 Å². The van der Waals surface area contributed by atoms with E-state index in [1.54, 1.807) is 0 Å². The molecule has 2 aliphatic rings. The number of aryl methyl sites for hydroxylation is 1. The number of allylic oxidation sites excluding steroid dienone is 5. The molecule has 1 aromatic heterocycles. The van der Waals surface area contributed by atoms with E-state index in [0.717, 1.165) is 49.1 Å². The topological polar surface area (TPSA) is 10.4 Å². The van der Waals surface area contributed by atoms with Gasteiger partial charge in [0.2, 0.25) is 5.52 Å². The highest BCUT2D eigenvalue weighted by Crippen LogP contribution is 2.47. The minimum absolute atomic E-state index is 0.785. The molecule has 0 saturated carbocycles. The van der Waals surface area contributed by atoms with Gasteiger partial charge in [-0.15, -0.1) is 0 Å². The number of likely N-dealkylation sites (N-methyl/N-ethyl adjacent to an activating group) is 1. The van der Waals surface area contributed by atoms with Gasteiger partial charge in [-0.1, -0.05) is 52.4 Å². The monoisotopic (exact) mass is 582 g/mol. The second kappa shape index (κ2) is 11.9. The van der Waals surface area contributed by atoms with Crippen LogP contribution >= 0.6 is 46.3 Å². The maximum atomic E-state index is 6.31. The standard InChI is InChI=1S/C31H34Cl2N3S2/c1-5-34(6-2)31-21(11-17-29-35(7-3)25-19-23(32)13-15-27(25)37-29)9-10-22(31)12-18-30-36(8-4)26-20-24(33)14-16-28(26)38-30/h11-20H,5-10H2,1-4H3/q+1. The summed E-state index contributed by atoms with van der Waals surface area (Å²) >= 11 is 16.3. The number of fused-ring (bicyclic) bond motifs is 2. The summed E-state index contributed by atoms with van der Waals surface area (Å²) in [5.74, 6) is 0. The Balaban J connectivity index is 1.50. The number of thioether (sulfide) groups is 1. The molecule has 2 heterocycles. The molecule has 5 rings (SSSR count). The largest absolute Gasteiger partial charge is 0.372 e. The second-order valence-corrected chi connectivity index (χ2v) is 12.3. The van der Waals surface area contributed by atoms with Gasteiger partial charge in [-0.05, 0) is 94.2 Å². The van der Waals surface area contributed by atoms with Crippen LogP contribution in [0.1, 0.15) is 45.5 Å². The van der Waals surface area contributed by atoms with Gasteiger partial charge < -0.3 is 9.80 Å². The summed E-state index contributed by atoms with van der Waals surface area (Å²) < 4.78 is 3.63. The lowest BCUT2D eigenvalue weighted by atomic mass is 10.1. The van der Waals surface area contributed by atoms with Crippen LogP contribution in [0.25, 0.3) is 16.3 Å². The molecule has 0 saturated heterocycles. The molecule has 1 aliphatic heterocycles. The summed E-state index contributed by atoms with van der Waals surface area (Å²) in [7, 11) is 0. The van der Waals surface area contributed by atoms with Crippen molar-refractivity contribution in [1.29, 1.82) is 0 Å². The SMILES string of the molecule is CCN(CC)C1=C(C=Cc2sc3ccc(Cl)cc3[n+]2CC)CCC1=CC=C1Sc2ccc(Cl)cc2N1CC. The summed E-state index contributed by atoms with van der Waals surface area (Å²) in [5, 5.41) is 4.08. The van der Waals surface area contributed by atoms with Gasteiger partial charge in [-0.25, -0.2) is 0 Å². The summed E-state index contributed by atoms with van der Waals surface area (Å²) in [6.45, 7) is 12.7. The molecule has 0 unspecified atom stereocenters. The van der Waals surface area contributed by atoms with E-state index in [4.69, 9.17) is 23.2 Å². The van der Waals surface area contributed by atoms with Gasteiger partial charge in [-0.2, -0.15) is 4.57 Å². The van der Waals surface area contributed by atoms with Gasteiger partial charge in [-0.3, -0.25) is 0 Å². The molecule has 2 aromatic carbocycles. The zero-order chi connectivity index (χ0) is 26.8. The van der Waals surface area contributed by atoms with Gasteiger partial charge in [0.1, 0.15) is 11.2 Å². The number of benzene rings is 2. The fourth-order valence-electron chi connectivity index (χ4n) is 5.38. The number of thiazole rings is 1. The van der Waals surface area contributed by atoms with Crippen LogP contribution in [0.15, 0.2) is 81.4 Å². The number of anilines is 1. The third kappa shape index (κ3) is 5.31. The Bertz CT molecular complexity index is 1480. The van der Waals surface area contributed by atoms with E-state index in [1.165, 1.54) is 47.7 Å². The van der Waals surface area contributed by atoms with Crippen molar-refractivity contribution in [2.75, 3.05) is 24.5 Å². The van der Waals surface area contributed by atoms with Crippen LogP contribution in [-0.2, 0) is 6.54 Å². The third-order valence-corrected chi connectivity index (χ3v) is 9.95. The highest BCUT2D eigenvalue weighted by Gasteiger charge is 2.26. The molecule has 0 bridgehead atoms. The van der Waals surface area contributed by atoms with E-state index in [-0.39, 0.29) is 0 Å². The zero-order valence-corrected chi connectivity index (χ0v) is 25.6. The molecule has 0 atom stereocenters. The van der Waals surface area contributed by atoms with Gasteiger partial charge in [0.15, 0.2) is 0 Å². The van der Waals surface area contributed by atoms with Crippen molar-refractivity contribution in [3.63, 3.8) is 0 Å². The van der Waals surface area contributed by atoms with Crippen LogP contribution in [0.4, 0.5) is 5.69 Å². The van der Waals surface area contributed by atoms with Crippen LogP contribution in [0.2, 0.25) is 10.0 Å². The lowest BCUT2D eigenvalue weighted by molar-refractivity contribution is -0.665. The fraction of sp³-hybridized carbons (Fsp3) is 0.323. The quantitative estimate of drug-likeness (QED) is 0.245. The third-order valence-electron chi connectivity index (χ3n) is 7.22. The first-order valence-electron chi connectivity index (χ1n) is 13.4. The lowest BCUT2D eigenvalue weighted by Crippen LogP contribution is -2.33. The molecule has 198 valence electrons. The summed E-state index contributed by atoms with van der Waals surface area (Å²) in [6.07, 6.45) is 11.4. The van der Waals surface area contributed by atoms with Gasteiger partial charge in [0.05, 0.1) is 10.7 Å². The predicted molar refractivity (Wildman–Crippen MR) is 167 cm³/mol. The van der Waals surface area contributed by atoms with Crippen molar-refractivity contribution in [2.45, 2.75) is 52.0 Å². The van der Waals surface area contributed by atoms with Gasteiger partial charge in [0, 0.05) is 52.4 Å². The average molecular weight is 584 g/mol. The smallest absolute Gasteiger partial charge is 0.262 e. The van der Waals surface area contributed by atoms with Crippen molar-refractivity contribution in [1.82, 2.24) is 4.90 Å². The first kappa shape index (κ1) is 27.4. The Hall–Kier alpha value is -2.18. The number of nitrogens with zero attached hydrogens (tertiary/aromatic N) is 3. The molecule has 0 fully saturated rings. The van der Waals surface area contributed by atoms with E-state index >= 15 is 0 Å². The van der Waals surface area contributed by atoms with E-state index in [1.807, 2.05) is 35.2 Å². The number of hydrogen-bond acceptors (Lipinski definition) is 4. The molecule has 1 aliphatic carbocycles. The van der Waals surface area contributed by atoms with Crippen molar-refractivity contribution >= 4 is 68.3 Å². The van der Waals surface area contributed by atoms with E-state index < -0.39 is 0 Å². The Morgan fingerprint density at radius 3 is 2.45 bits per heavy atom. The van der Waals surface area contributed by atoms with Gasteiger partial charge in [0.25, 0.3) is 5.01 Å². The summed E-state index contributed by atoms with van der Waals surface area (Å²) in [4.78, 5) is 6.13. The molecule has 3 nitrogen and oxygen atoms in total. The minimum Gasteiger partial charge on any atom is -0.372 e. The fourth-order valence-corrected chi connectivity index (χ4v) is 7.93.